The van der Waals surface area contributed by atoms with Crippen LogP contribution in [0.1, 0.15) is 31.2 Å². The molecule has 1 aliphatic heterocycles. The first-order valence-corrected chi connectivity index (χ1v) is 9.93. The van der Waals surface area contributed by atoms with Crippen molar-refractivity contribution in [3.05, 3.63) is 42.1 Å². The number of hydrogen-bond acceptors (Lipinski definition) is 6. The first kappa shape index (κ1) is 21.1. The van der Waals surface area contributed by atoms with Crippen molar-refractivity contribution in [1.29, 1.82) is 5.41 Å². The van der Waals surface area contributed by atoms with Gasteiger partial charge in [0, 0.05) is 36.5 Å². The summed E-state index contributed by atoms with van der Waals surface area (Å²) in [6.45, 7) is 0.331. The van der Waals surface area contributed by atoms with Crippen molar-refractivity contribution in [1.82, 2.24) is 4.98 Å². The second-order valence-electron chi connectivity index (χ2n) is 7.59. The van der Waals surface area contributed by atoms with Gasteiger partial charge in [0.25, 0.3) is 5.91 Å². The van der Waals surface area contributed by atoms with Crippen LogP contribution in [0.5, 0.6) is 5.75 Å². The summed E-state index contributed by atoms with van der Waals surface area (Å²) < 4.78 is 41.0. The molecule has 1 atom stereocenters. The van der Waals surface area contributed by atoms with Crippen LogP contribution >= 0.6 is 0 Å². The van der Waals surface area contributed by atoms with E-state index in [0.29, 0.717) is 41.4 Å². The van der Waals surface area contributed by atoms with Crippen LogP contribution in [0.2, 0.25) is 0 Å². The number of nitrogens with one attached hydrogen (secondary N) is 2. The summed E-state index contributed by atoms with van der Waals surface area (Å²) in [5.74, 6) is -0.394. The number of carbonyl (C=O) groups is 1. The number of aliphatic hydroxyl groups is 1. The highest BCUT2D eigenvalue weighted by atomic mass is 19.4. The number of halogens is 3. The van der Waals surface area contributed by atoms with E-state index in [-0.39, 0.29) is 11.7 Å². The second kappa shape index (κ2) is 8.18. The molecule has 1 aliphatic carbocycles. The van der Waals surface area contributed by atoms with E-state index in [1.807, 2.05) is 0 Å². The summed E-state index contributed by atoms with van der Waals surface area (Å²) in [5.41, 5.74) is 1.76. The quantitative estimate of drug-likeness (QED) is 0.598. The summed E-state index contributed by atoms with van der Waals surface area (Å²) in [7, 11) is 0. The van der Waals surface area contributed by atoms with Gasteiger partial charge in [-0.15, -0.1) is 13.2 Å². The minimum Gasteiger partial charge on any atom is -0.406 e. The van der Waals surface area contributed by atoms with Gasteiger partial charge in [0.1, 0.15) is 17.7 Å². The van der Waals surface area contributed by atoms with Crippen LogP contribution in [0.15, 0.2) is 36.5 Å². The number of ether oxygens (including phenoxy) is 1. The third-order valence-corrected chi connectivity index (χ3v) is 5.53. The molecule has 1 saturated heterocycles. The Hall–Kier alpha value is -3.14. The number of carbonyl (C=O) groups excluding carboxylic acids is 1. The molecule has 1 saturated carbocycles. The van der Waals surface area contributed by atoms with E-state index >= 15 is 0 Å². The molecule has 1 aromatic carbocycles. The normalized spacial score (nSPS) is 19.3. The Balaban J connectivity index is 1.66. The highest BCUT2D eigenvalue weighted by molar-refractivity contribution is 6.12. The van der Waals surface area contributed by atoms with Crippen molar-refractivity contribution in [3.63, 3.8) is 0 Å². The van der Waals surface area contributed by atoms with Crippen molar-refractivity contribution in [3.8, 4) is 5.75 Å². The van der Waals surface area contributed by atoms with Gasteiger partial charge in [0.05, 0.1) is 11.3 Å². The Morgan fingerprint density at radius 3 is 2.45 bits per heavy atom. The van der Waals surface area contributed by atoms with Crippen LogP contribution < -0.4 is 15.0 Å². The topological polar surface area (TPSA) is 98.5 Å². The zero-order valence-electron chi connectivity index (χ0n) is 16.4. The highest BCUT2D eigenvalue weighted by Gasteiger charge is 2.35. The summed E-state index contributed by atoms with van der Waals surface area (Å²) in [4.78, 5) is 18.2. The van der Waals surface area contributed by atoms with Crippen LogP contribution in [-0.4, -0.2) is 40.7 Å². The average Bonchev–Trinajstić information content (AvgIpc) is 2.99. The maximum Gasteiger partial charge on any atom is 0.573 e. The van der Waals surface area contributed by atoms with Crippen LogP contribution in [-0.2, 0) is 4.79 Å². The smallest absolute Gasteiger partial charge is 0.406 e. The molecule has 1 amide bonds. The van der Waals surface area contributed by atoms with Crippen LogP contribution in [0, 0.1) is 11.3 Å². The van der Waals surface area contributed by atoms with Crippen LogP contribution in [0.25, 0.3) is 0 Å². The van der Waals surface area contributed by atoms with Crippen molar-refractivity contribution < 1.29 is 27.8 Å². The first-order valence-electron chi connectivity index (χ1n) is 9.93. The lowest BCUT2D eigenvalue weighted by molar-refractivity contribution is -0.274. The number of aliphatic hydroxyl groups excluding tert-OH is 1. The number of hydrogen-bond donors (Lipinski definition) is 3. The fraction of sp³-hybridized carbons (Fsp3) is 0.381. The van der Waals surface area contributed by atoms with E-state index in [9.17, 15) is 23.1 Å². The average molecular weight is 434 g/mol. The van der Waals surface area contributed by atoms with E-state index in [1.165, 1.54) is 35.4 Å². The monoisotopic (exact) mass is 434 g/mol. The maximum atomic E-state index is 12.4. The number of rotatable bonds is 6. The Labute approximate surface area is 176 Å². The Morgan fingerprint density at radius 1 is 1.19 bits per heavy atom. The summed E-state index contributed by atoms with van der Waals surface area (Å²) in [6.07, 6.45) is -1.29. The Kier molecular flexibility index (Phi) is 5.57. The number of anilines is 3. The van der Waals surface area contributed by atoms with Gasteiger partial charge in [-0.25, -0.2) is 4.98 Å². The highest BCUT2D eigenvalue weighted by Crippen LogP contribution is 2.38. The molecular formula is C21H21F3N4O3. The van der Waals surface area contributed by atoms with Crippen LogP contribution in [0.4, 0.5) is 30.4 Å². The molecule has 3 N–H and O–H groups in total. The molecule has 2 heterocycles. The number of benzene rings is 1. The van der Waals surface area contributed by atoms with Crippen LogP contribution in [0.3, 0.4) is 0 Å². The van der Waals surface area contributed by atoms with E-state index in [4.69, 9.17) is 5.41 Å². The first-order chi connectivity index (χ1) is 14.7. The number of alkyl halides is 3. The van der Waals surface area contributed by atoms with Gasteiger partial charge in [-0.05, 0) is 43.2 Å². The van der Waals surface area contributed by atoms with Gasteiger partial charge in [-0.3, -0.25) is 4.79 Å². The summed E-state index contributed by atoms with van der Waals surface area (Å²) >= 11 is 0. The van der Waals surface area contributed by atoms with Gasteiger partial charge in [-0.2, -0.15) is 0 Å². The molecule has 0 unspecified atom stereocenters. The Bertz CT molecular complexity index is 990. The van der Waals surface area contributed by atoms with Gasteiger partial charge in [0.2, 0.25) is 0 Å². The van der Waals surface area contributed by atoms with Crippen molar-refractivity contribution in [2.24, 2.45) is 5.92 Å². The van der Waals surface area contributed by atoms with Gasteiger partial charge < -0.3 is 25.5 Å². The molecule has 4 rings (SSSR count). The largest absolute Gasteiger partial charge is 0.573 e. The number of amides is 1. The van der Waals surface area contributed by atoms with E-state index in [1.54, 1.807) is 6.07 Å². The number of nitrogens with zero attached hydrogens (tertiary/aromatic N) is 2. The van der Waals surface area contributed by atoms with Gasteiger partial charge in [0.15, 0.2) is 0 Å². The number of aromatic nitrogens is 1. The van der Waals surface area contributed by atoms with E-state index in [2.05, 4.69) is 15.0 Å². The molecule has 0 bridgehead atoms. The molecule has 10 heteroatoms. The van der Waals surface area contributed by atoms with Gasteiger partial charge in [-0.1, -0.05) is 6.42 Å². The summed E-state index contributed by atoms with van der Waals surface area (Å²) in [6, 6.07) is 6.83. The minimum absolute atomic E-state index is 0.0497. The molecule has 164 valence electrons. The zero-order chi connectivity index (χ0) is 22.2. The molecular weight excluding hydrogens is 413 g/mol. The predicted octanol–water partition coefficient (Wildman–Crippen LogP) is 3.99. The molecule has 0 spiro atoms. The predicted molar refractivity (Wildman–Crippen MR) is 108 cm³/mol. The molecule has 0 radical (unpaired) electrons. The molecule has 2 aromatic rings. The third-order valence-electron chi connectivity index (χ3n) is 5.53. The lowest BCUT2D eigenvalue weighted by Crippen LogP contribution is -2.32. The second-order valence-corrected chi connectivity index (χ2v) is 7.59. The fourth-order valence-corrected chi connectivity index (χ4v) is 3.72. The molecule has 2 aliphatic rings. The molecule has 2 fully saturated rings. The third kappa shape index (κ3) is 4.48. The van der Waals surface area contributed by atoms with Crippen molar-refractivity contribution in [2.45, 2.75) is 38.1 Å². The number of pyridine rings is 1. The van der Waals surface area contributed by atoms with Gasteiger partial charge >= 0.3 is 6.36 Å². The minimum atomic E-state index is -4.78. The lowest BCUT2D eigenvalue weighted by Gasteiger charge is -2.30. The standard InChI is InChI=1S/C21H21F3N4O3/c22-21(23,24)31-14-6-4-13(5-7-14)27-19-17(18(25)12-2-1-3-12)15(8-10-26-19)28-11-9-16(29)20(28)30/h4-8,10,12,16,25,29H,1-3,9,11H2,(H,26,27)/t16-/m0/s1. The molecule has 1 aromatic heterocycles. The zero-order valence-corrected chi connectivity index (χ0v) is 16.4. The Morgan fingerprint density at radius 2 is 1.90 bits per heavy atom. The van der Waals surface area contributed by atoms with Crippen molar-refractivity contribution in [2.75, 3.05) is 16.8 Å². The molecule has 31 heavy (non-hydrogen) atoms. The van der Waals surface area contributed by atoms with E-state index in [0.717, 1.165) is 19.3 Å². The lowest BCUT2D eigenvalue weighted by atomic mass is 9.79. The van der Waals surface area contributed by atoms with Crippen molar-refractivity contribution >= 4 is 28.8 Å². The fourth-order valence-electron chi connectivity index (χ4n) is 3.72. The maximum absolute atomic E-state index is 12.4. The van der Waals surface area contributed by atoms with E-state index < -0.39 is 18.4 Å². The summed E-state index contributed by atoms with van der Waals surface area (Å²) in [5, 5.41) is 21.6. The SMILES string of the molecule is N=C(c1c(N2CC[C@H](O)C2=O)ccnc1Nc1ccc(OC(F)(F)F)cc1)C1CCC1. The molecule has 7 nitrogen and oxygen atoms in total.